The van der Waals surface area contributed by atoms with E-state index in [0.717, 1.165) is 26.2 Å². The van der Waals surface area contributed by atoms with E-state index in [1.165, 1.54) is 16.7 Å². The Bertz CT molecular complexity index is 411. The van der Waals surface area contributed by atoms with Crippen molar-refractivity contribution < 1.29 is 4.79 Å². The van der Waals surface area contributed by atoms with Crippen LogP contribution in [-0.4, -0.2) is 30.4 Å². The fourth-order valence-electron chi connectivity index (χ4n) is 2.08. The number of nitrogens with zero attached hydrogens (tertiary/aromatic N) is 1. The number of aryl methyl sites for hydroxylation is 2. The molecule has 0 aliphatic carbocycles. The van der Waals surface area contributed by atoms with E-state index >= 15 is 0 Å². The molecule has 0 saturated carbocycles. The zero-order valence-electron chi connectivity index (χ0n) is 12.6. The van der Waals surface area contributed by atoms with Gasteiger partial charge in [-0.25, -0.2) is 0 Å². The van der Waals surface area contributed by atoms with E-state index < -0.39 is 0 Å². The average molecular weight is 262 g/mol. The number of benzene rings is 1. The predicted molar refractivity (Wildman–Crippen MR) is 80.2 cm³/mol. The molecule has 0 aromatic heterocycles. The van der Waals surface area contributed by atoms with Crippen molar-refractivity contribution in [2.75, 3.05) is 19.6 Å². The van der Waals surface area contributed by atoms with Crippen LogP contribution in [-0.2, 0) is 11.3 Å². The first-order valence-electron chi connectivity index (χ1n) is 7.13. The minimum Gasteiger partial charge on any atom is -0.343 e. The van der Waals surface area contributed by atoms with Crippen molar-refractivity contribution in [2.24, 2.45) is 0 Å². The van der Waals surface area contributed by atoms with E-state index in [-0.39, 0.29) is 5.91 Å². The molecule has 1 rings (SSSR count). The third kappa shape index (κ3) is 5.03. The van der Waals surface area contributed by atoms with Crippen LogP contribution in [0.3, 0.4) is 0 Å². The van der Waals surface area contributed by atoms with Gasteiger partial charge in [0.25, 0.3) is 0 Å². The Balaban J connectivity index is 2.31. The highest BCUT2D eigenvalue weighted by atomic mass is 16.2. The SMILES string of the molecule is CCN(CC)C(=O)CCNCc1ccc(C)c(C)c1. The molecule has 0 spiro atoms. The molecule has 3 nitrogen and oxygen atoms in total. The smallest absolute Gasteiger partial charge is 0.223 e. The molecule has 0 unspecified atom stereocenters. The number of nitrogens with one attached hydrogen (secondary N) is 1. The van der Waals surface area contributed by atoms with Gasteiger partial charge in [-0.3, -0.25) is 4.79 Å². The van der Waals surface area contributed by atoms with Crippen LogP contribution in [0.25, 0.3) is 0 Å². The van der Waals surface area contributed by atoms with Gasteiger partial charge in [0.05, 0.1) is 0 Å². The van der Waals surface area contributed by atoms with Gasteiger partial charge < -0.3 is 10.2 Å². The van der Waals surface area contributed by atoms with Gasteiger partial charge in [-0.2, -0.15) is 0 Å². The molecule has 3 heteroatoms. The highest BCUT2D eigenvalue weighted by Gasteiger charge is 2.08. The summed E-state index contributed by atoms with van der Waals surface area (Å²) in [6.07, 6.45) is 0.576. The summed E-state index contributed by atoms with van der Waals surface area (Å²) >= 11 is 0. The molecule has 19 heavy (non-hydrogen) atoms. The number of rotatable bonds is 7. The van der Waals surface area contributed by atoms with Crippen LogP contribution >= 0.6 is 0 Å². The molecule has 0 atom stereocenters. The lowest BCUT2D eigenvalue weighted by Crippen LogP contribution is -2.32. The lowest BCUT2D eigenvalue weighted by molar-refractivity contribution is -0.130. The second-order valence-electron chi connectivity index (χ2n) is 4.91. The van der Waals surface area contributed by atoms with Gasteiger partial charge in [-0.05, 0) is 44.4 Å². The number of amides is 1. The summed E-state index contributed by atoms with van der Waals surface area (Å²) < 4.78 is 0. The van der Waals surface area contributed by atoms with Crippen LogP contribution in [0.1, 0.15) is 37.0 Å². The van der Waals surface area contributed by atoms with E-state index in [1.807, 2.05) is 18.7 Å². The van der Waals surface area contributed by atoms with Crippen molar-refractivity contribution in [3.8, 4) is 0 Å². The monoisotopic (exact) mass is 262 g/mol. The van der Waals surface area contributed by atoms with Gasteiger partial charge in [0.15, 0.2) is 0 Å². The molecule has 0 saturated heterocycles. The lowest BCUT2D eigenvalue weighted by Gasteiger charge is -2.18. The summed E-state index contributed by atoms with van der Waals surface area (Å²) in [4.78, 5) is 13.7. The third-order valence-corrected chi connectivity index (χ3v) is 3.53. The number of hydrogen-bond donors (Lipinski definition) is 1. The van der Waals surface area contributed by atoms with E-state index in [9.17, 15) is 4.79 Å². The largest absolute Gasteiger partial charge is 0.343 e. The Kier molecular flexibility index (Phi) is 6.57. The summed E-state index contributed by atoms with van der Waals surface area (Å²) in [5.74, 6) is 0.234. The number of hydrogen-bond acceptors (Lipinski definition) is 2. The van der Waals surface area contributed by atoms with Crippen molar-refractivity contribution in [3.05, 3.63) is 34.9 Å². The summed E-state index contributed by atoms with van der Waals surface area (Å²) in [5.41, 5.74) is 3.91. The van der Waals surface area contributed by atoms with Gasteiger partial charge >= 0.3 is 0 Å². The van der Waals surface area contributed by atoms with Gasteiger partial charge in [-0.15, -0.1) is 0 Å². The standard InChI is InChI=1S/C16H26N2O/c1-5-18(6-2)16(19)9-10-17-12-15-8-7-13(3)14(4)11-15/h7-8,11,17H,5-6,9-10,12H2,1-4H3. The summed E-state index contributed by atoms with van der Waals surface area (Å²) in [6, 6.07) is 6.49. The molecule has 0 radical (unpaired) electrons. The van der Waals surface area contributed by atoms with Crippen LogP contribution in [0.2, 0.25) is 0 Å². The fraction of sp³-hybridized carbons (Fsp3) is 0.562. The van der Waals surface area contributed by atoms with E-state index in [4.69, 9.17) is 0 Å². The number of carbonyl (C=O) groups is 1. The van der Waals surface area contributed by atoms with Crippen LogP contribution in [0, 0.1) is 13.8 Å². The fourth-order valence-corrected chi connectivity index (χ4v) is 2.08. The van der Waals surface area contributed by atoms with Crippen LogP contribution in [0.15, 0.2) is 18.2 Å². The molecule has 0 fully saturated rings. The van der Waals surface area contributed by atoms with Crippen LogP contribution in [0.5, 0.6) is 0 Å². The average Bonchev–Trinajstić information content (AvgIpc) is 2.40. The maximum atomic E-state index is 11.8. The molecule has 0 bridgehead atoms. The molecule has 1 amide bonds. The lowest BCUT2D eigenvalue weighted by atomic mass is 10.1. The van der Waals surface area contributed by atoms with Crippen molar-refractivity contribution >= 4 is 5.91 Å². The Morgan fingerprint density at radius 1 is 1.16 bits per heavy atom. The Hall–Kier alpha value is -1.35. The molecule has 1 aromatic rings. The Labute approximate surface area is 117 Å². The minimum atomic E-state index is 0.234. The molecule has 0 aliphatic heterocycles. The van der Waals surface area contributed by atoms with E-state index in [2.05, 4.69) is 37.4 Å². The van der Waals surface area contributed by atoms with E-state index in [1.54, 1.807) is 0 Å². The van der Waals surface area contributed by atoms with Gasteiger partial charge in [0.2, 0.25) is 5.91 Å². The first kappa shape index (κ1) is 15.7. The molecule has 1 aromatic carbocycles. The topological polar surface area (TPSA) is 32.3 Å². The summed E-state index contributed by atoms with van der Waals surface area (Å²) in [6.45, 7) is 11.4. The summed E-state index contributed by atoms with van der Waals surface area (Å²) in [5, 5.41) is 3.33. The van der Waals surface area contributed by atoms with Crippen LogP contribution < -0.4 is 5.32 Å². The van der Waals surface area contributed by atoms with Crippen molar-refractivity contribution in [1.29, 1.82) is 0 Å². The van der Waals surface area contributed by atoms with Crippen molar-refractivity contribution in [2.45, 2.75) is 40.7 Å². The van der Waals surface area contributed by atoms with Crippen molar-refractivity contribution in [3.63, 3.8) is 0 Å². The van der Waals surface area contributed by atoms with E-state index in [0.29, 0.717) is 6.42 Å². The highest BCUT2D eigenvalue weighted by molar-refractivity contribution is 5.76. The highest BCUT2D eigenvalue weighted by Crippen LogP contribution is 2.09. The third-order valence-electron chi connectivity index (χ3n) is 3.53. The Morgan fingerprint density at radius 2 is 1.84 bits per heavy atom. The maximum absolute atomic E-state index is 11.8. The first-order valence-corrected chi connectivity index (χ1v) is 7.13. The number of carbonyl (C=O) groups excluding carboxylic acids is 1. The maximum Gasteiger partial charge on any atom is 0.223 e. The summed E-state index contributed by atoms with van der Waals surface area (Å²) in [7, 11) is 0. The van der Waals surface area contributed by atoms with Gasteiger partial charge in [0.1, 0.15) is 0 Å². The molecule has 0 aliphatic rings. The first-order chi connectivity index (χ1) is 9.08. The molecular formula is C16H26N2O. The van der Waals surface area contributed by atoms with Crippen LogP contribution in [0.4, 0.5) is 0 Å². The minimum absolute atomic E-state index is 0.234. The van der Waals surface area contributed by atoms with Gasteiger partial charge in [0, 0.05) is 32.6 Å². The molecule has 1 N–H and O–H groups in total. The Morgan fingerprint density at radius 3 is 2.42 bits per heavy atom. The quantitative estimate of drug-likeness (QED) is 0.766. The predicted octanol–water partition coefficient (Wildman–Crippen LogP) is 2.65. The molecule has 106 valence electrons. The van der Waals surface area contributed by atoms with Crippen molar-refractivity contribution in [1.82, 2.24) is 10.2 Å². The second-order valence-corrected chi connectivity index (χ2v) is 4.91. The second kappa shape index (κ2) is 7.95. The zero-order chi connectivity index (χ0) is 14.3. The normalized spacial score (nSPS) is 10.5. The zero-order valence-corrected chi connectivity index (χ0v) is 12.6. The molecule has 0 heterocycles. The molecular weight excluding hydrogens is 236 g/mol. The van der Waals surface area contributed by atoms with Gasteiger partial charge in [-0.1, -0.05) is 18.2 Å².